The van der Waals surface area contributed by atoms with Crippen molar-refractivity contribution in [3.8, 4) is 0 Å². The minimum absolute atomic E-state index is 0.158. The van der Waals surface area contributed by atoms with Crippen LogP contribution in [0.3, 0.4) is 0 Å². The number of nitrogens with one attached hydrogen (secondary N) is 1. The van der Waals surface area contributed by atoms with Gasteiger partial charge in [0.2, 0.25) is 5.91 Å². The van der Waals surface area contributed by atoms with E-state index in [1.54, 1.807) is 0 Å². The zero-order valence-electron chi connectivity index (χ0n) is 12.4. The van der Waals surface area contributed by atoms with Crippen LogP contribution in [0.2, 0.25) is 0 Å². The van der Waals surface area contributed by atoms with E-state index in [-0.39, 0.29) is 5.91 Å². The molecule has 2 atom stereocenters. The fourth-order valence-electron chi connectivity index (χ4n) is 3.10. The number of rotatable bonds is 5. The number of carbonyl (C=O) groups is 1. The summed E-state index contributed by atoms with van der Waals surface area (Å²) >= 11 is 0. The van der Waals surface area contributed by atoms with Crippen molar-refractivity contribution in [1.29, 1.82) is 0 Å². The monoisotopic (exact) mass is 274 g/mol. The van der Waals surface area contributed by atoms with Gasteiger partial charge in [-0.3, -0.25) is 4.79 Å². The second-order valence-corrected chi connectivity index (χ2v) is 6.19. The first-order chi connectivity index (χ1) is 9.63. The van der Waals surface area contributed by atoms with Crippen LogP contribution >= 0.6 is 0 Å². The van der Waals surface area contributed by atoms with Crippen molar-refractivity contribution in [2.75, 3.05) is 12.3 Å². The van der Waals surface area contributed by atoms with Crippen molar-refractivity contribution in [1.82, 2.24) is 5.32 Å². The third kappa shape index (κ3) is 4.87. The van der Waals surface area contributed by atoms with Crippen LogP contribution in [0, 0.1) is 11.8 Å². The van der Waals surface area contributed by atoms with E-state index in [4.69, 9.17) is 5.73 Å². The summed E-state index contributed by atoms with van der Waals surface area (Å²) in [5, 5.41) is 3.09. The zero-order valence-corrected chi connectivity index (χ0v) is 12.4. The molecule has 0 spiro atoms. The standard InChI is InChI=1S/C17H26N2O/c1-13-4-2-6-15(10-13)12-19-17(20)9-8-14-5-3-7-16(18)11-14/h3,5,7,11,13,15H,2,4,6,8-10,12,18H2,1H3,(H,19,20). The van der Waals surface area contributed by atoms with E-state index in [1.807, 2.05) is 24.3 Å². The summed E-state index contributed by atoms with van der Waals surface area (Å²) in [5.41, 5.74) is 7.63. The number of carbonyl (C=O) groups excluding carboxylic acids is 1. The third-order valence-electron chi connectivity index (χ3n) is 4.22. The summed E-state index contributed by atoms with van der Waals surface area (Å²) < 4.78 is 0. The molecule has 3 nitrogen and oxygen atoms in total. The molecule has 20 heavy (non-hydrogen) atoms. The number of hydrogen-bond acceptors (Lipinski definition) is 2. The molecular weight excluding hydrogens is 248 g/mol. The number of anilines is 1. The number of amides is 1. The molecule has 0 aromatic heterocycles. The molecule has 110 valence electrons. The lowest BCUT2D eigenvalue weighted by atomic mass is 9.82. The van der Waals surface area contributed by atoms with E-state index in [1.165, 1.54) is 25.7 Å². The van der Waals surface area contributed by atoms with Gasteiger partial charge in [0.1, 0.15) is 0 Å². The molecule has 2 rings (SSSR count). The maximum absolute atomic E-state index is 11.9. The van der Waals surface area contributed by atoms with E-state index in [9.17, 15) is 4.79 Å². The van der Waals surface area contributed by atoms with Gasteiger partial charge < -0.3 is 11.1 Å². The van der Waals surface area contributed by atoms with Crippen molar-refractivity contribution in [2.45, 2.75) is 45.4 Å². The van der Waals surface area contributed by atoms with Gasteiger partial charge in [0, 0.05) is 18.7 Å². The lowest BCUT2D eigenvalue weighted by Gasteiger charge is -2.26. The first-order valence-corrected chi connectivity index (χ1v) is 7.74. The fraction of sp³-hybridized carbons (Fsp3) is 0.588. The zero-order chi connectivity index (χ0) is 14.4. The molecule has 0 bridgehead atoms. The molecule has 0 radical (unpaired) electrons. The summed E-state index contributed by atoms with van der Waals surface area (Å²) in [6.07, 6.45) is 6.49. The molecular formula is C17H26N2O. The molecule has 0 heterocycles. The SMILES string of the molecule is CC1CCCC(CNC(=O)CCc2cccc(N)c2)C1. The van der Waals surface area contributed by atoms with Crippen LogP contribution in [-0.2, 0) is 11.2 Å². The van der Waals surface area contributed by atoms with E-state index >= 15 is 0 Å². The Labute approximate surface area is 121 Å². The normalized spacial score (nSPS) is 22.4. The van der Waals surface area contributed by atoms with Crippen LogP contribution in [0.5, 0.6) is 0 Å². The molecule has 3 N–H and O–H groups in total. The fourth-order valence-corrected chi connectivity index (χ4v) is 3.10. The van der Waals surface area contributed by atoms with Gasteiger partial charge in [-0.2, -0.15) is 0 Å². The van der Waals surface area contributed by atoms with Crippen molar-refractivity contribution < 1.29 is 4.79 Å². The summed E-state index contributed by atoms with van der Waals surface area (Å²) in [7, 11) is 0. The lowest BCUT2D eigenvalue weighted by Crippen LogP contribution is -2.31. The molecule has 1 aliphatic rings. The van der Waals surface area contributed by atoms with Crippen molar-refractivity contribution in [2.24, 2.45) is 11.8 Å². The average molecular weight is 274 g/mol. The number of nitrogen functional groups attached to an aromatic ring is 1. The van der Waals surface area contributed by atoms with Gasteiger partial charge >= 0.3 is 0 Å². The van der Waals surface area contributed by atoms with Gasteiger partial charge in [-0.05, 0) is 48.8 Å². The summed E-state index contributed by atoms with van der Waals surface area (Å²) in [6.45, 7) is 3.16. The predicted molar refractivity (Wildman–Crippen MR) is 83.3 cm³/mol. The van der Waals surface area contributed by atoms with Crippen LogP contribution in [0.15, 0.2) is 24.3 Å². The van der Waals surface area contributed by atoms with E-state index < -0.39 is 0 Å². The molecule has 1 aromatic rings. The molecule has 3 heteroatoms. The predicted octanol–water partition coefficient (Wildman–Crippen LogP) is 3.14. The van der Waals surface area contributed by atoms with Crippen molar-refractivity contribution in [3.63, 3.8) is 0 Å². The molecule has 2 unspecified atom stereocenters. The highest BCUT2D eigenvalue weighted by Crippen LogP contribution is 2.27. The van der Waals surface area contributed by atoms with Gasteiger partial charge in [-0.1, -0.05) is 31.9 Å². The van der Waals surface area contributed by atoms with E-state index in [2.05, 4.69) is 12.2 Å². The number of benzene rings is 1. The Morgan fingerprint density at radius 1 is 1.40 bits per heavy atom. The van der Waals surface area contributed by atoms with Gasteiger partial charge in [0.25, 0.3) is 0 Å². The smallest absolute Gasteiger partial charge is 0.220 e. The van der Waals surface area contributed by atoms with Gasteiger partial charge in [-0.15, -0.1) is 0 Å². The van der Waals surface area contributed by atoms with E-state index in [0.717, 1.165) is 30.1 Å². The van der Waals surface area contributed by atoms with Crippen molar-refractivity contribution >= 4 is 11.6 Å². The van der Waals surface area contributed by atoms with Crippen molar-refractivity contribution in [3.05, 3.63) is 29.8 Å². The van der Waals surface area contributed by atoms with Crippen LogP contribution in [-0.4, -0.2) is 12.5 Å². The molecule has 1 aromatic carbocycles. The highest BCUT2D eigenvalue weighted by Gasteiger charge is 2.19. The van der Waals surface area contributed by atoms with E-state index in [0.29, 0.717) is 12.3 Å². The first kappa shape index (κ1) is 14.9. The minimum Gasteiger partial charge on any atom is -0.399 e. The number of nitrogens with two attached hydrogens (primary N) is 1. The molecule has 1 saturated carbocycles. The van der Waals surface area contributed by atoms with Crippen LogP contribution in [0.4, 0.5) is 5.69 Å². The quantitative estimate of drug-likeness (QED) is 0.810. The van der Waals surface area contributed by atoms with Crippen LogP contribution < -0.4 is 11.1 Å². The summed E-state index contributed by atoms with van der Waals surface area (Å²) in [5.74, 6) is 1.65. The maximum atomic E-state index is 11.9. The molecule has 1 amide bonds. The Bertz CT molecular complexity index is 444. The number of aryl methyl sites for hydroxylation is 1. The maximum Gasteiger partial charge on any atom is 0.220 e. The molecule has 1 aliphatic carbocycles. The Kier molecular flexibility index (Phi) is 5.45. The summed E-state index contributed by atoms with van der Waals surface area (Å²) in [6, 6.07) is 7.77. The Morgan fingerprint density at radius 2 is 2.25 bits per heavy atom. The molecule has 0 saturated heterocycles. The minimum atomic E-state index is 0.158. The topological polar surface area (TPSA) is 55.1 Å². The largest absolute Gasteiger partial charge is 0.399 e. The lowest BCUT2D eigenvalue weighted by molar-refractivity contribution is -0.121. The second kappa shape index (κ2) is 7.32. The van der Waals surface area contributed by atoms with Gasteiger partial charge in [0.05, 0.1) is 0 Å². The van der Waals surface area contributed by atoms with Crippen LogP contribution in [0.1, 0.15) is 44.6 Å². The second-order valence-electron chi connectivity index (χ2n) is 6.19. The highest BCUT2D eigenvalue weighted by atomic mass is 16.1. The molecule has 1 fully saturated rings. The highest BCUT2D eigenvalue weighted by molar-refractivity contribution is 5.76. The third-order valence-corrected chi connectivity index (χ3v) is 4.22. The number of hydrogen-bond donors (Lipinski definition) is 2. The Morgan fingerprint density at radius 3 is 3.00 bits per heavy atom. The molecule has 0 aliphatic heterocycles. The van der Waals surface area contributed by atoms with Gasteiger partial charge in [0.15, 0.2) is 0 Å². The summed E-state index contributed by atoms with van der Waals surface area (Å²) in [4.78, 5) is 11.9. The first-order valence-electron chi connectivity index (χ1n) is 7.74. The Hall–Kier alpha value is -1.51. The Balaban J connectivity index is 1.67. The van der Waals surface area contributed by atoms with Crippen LogP contribution in [0.25, 0.3) is 0 Å². The van der Waals surface area contributed by atoms with Gasteiger partial charge in [-0.25, -0.2) is 0 Å². The average Bonchev–Trinajstić information content (AvgIpc) is 2.43.